The number of oxime groups is 1. The minimum atomic E-state index is -3.92. The lowest BCUT2D eigenvalue weighted by atomic mass is 9.87. The molecule has 3 aromatic rings. The molecule has 0 aliphatic carbocycles. The van der Waals surface area contributed by atoms with Crippen LogP contribution in [-0.2, 0) is 77.4 Å². The summed E-state index contributed by atoms with van der Waals surface area (Å²) in [6, 6.07) is 22.8. The van der Waals surface area contributed by atoms with E-state index in [9.17, 15) is 33.6 Å². The molecule has 5 atom stereocenters. The lowest BCUT2D eigenvalue weighted by Gasteiger charge is -2.41. The van der Waals surface area contributed by atoms with E-state index in [0.717, 1.165) is 16.7 Å². The van der Waals surface area contributed by atoms with E-state index in [1.54, 1.807) is 19.9 Å². The Hall–Kier alpha value is -5.99. The molecular formula is C57H78N4O14S. The van der Waals surface area contributed by atoms with Gasteiger partial charge in [0.15, 0.2) is 29.7 Å². The molecule has 76 heavy (non-hydrogen) atoms. The van der Waals surface area contributed by atoms with E-state index in [-0.39, 0.29) is 73.1 Å². The van der Waals surface area contributed by atoms with Crippen molar-refractivity contribution in [3.63, 3.8) is 0 Å². The van der Waals surface area contributed by atoms with Gasteiger partial charge in [-0.05, 0) is 80.2 Å². The highest BCUT2D eigenvalue weighted by atomic mass is 32.2. The summed E-state index contributed by atoms with van der Waals surface area (Å²) in [6.45, 7) is 15.2. The number of quaternary nitrogens is 1. The highest BCUT2D eigenvalue weighted by molar-refractivity contribution is 7.84. The maximum absolute atomic E-state index is 14.7. The number of aryl methyl sites for hydroxylation is 1. The molecule has 2 aliphatic rings. The van der Waals surface area contributed by atoms with Crippen molar-refractivity contribution in [2.24, 2.45) is 28.8 Å². The average Bonchev–Trinajstić information content (AvgIpc) is 4.11. The number of amides is 2. The average molecular weight is 1080 g/mol. The van der Waals surface area contributed by atoms with Crippen LogP contribution < -0.4 is 15.4 Å². The molecule has 0 radical (unpaired) electrons. The van der Waals surface area contributed by atoms with Gasteiger partial charge in [-0.1, -0.05) is 100 Å². The van der Waals surface area contributed by atoms with Crippen LogP contribution in [0.15, 0.2) is 84.0 Å². The number of carbonyl (C=O) groups is 7. The maximum atomic E-state index is 14.7. The topological polar surface area (TPSA) is 253 Å². The van der Waals surface area contributed by atoms with Gasteiger partial charge in [0.25, 0.3) is 0 Å². The second-order valence-corrected chi connectivity index (χ2v) is 22.5. The Kier molecular flexibility index (Phi) is 24.8. The molecule has 5 rings (SSSR count). The lowest BCUT2D eigenvalue weighted by Crippen LogP contribution is -2.57. The molecule has 2 aliphatic heterocycles. The molecule has 19 heteroatoms. The minimum absolute atomic E-state index is 0.000667. The van der Waals surface area contributed by atoms with Gasteiger partial charge in [0.05, 0.1) is 48.2 Å². The van der Waals surface area contributed by atoms with Gasteiger partial charge >= 0.3 is 5.97 Å². The zero-order valence-electron chi connectivity index (χ0n) is 45.4. The minimum Gasteiger partial charge on any atom is -0.748 e. The SMILES string of the molecule is CCC(=O)CO/N=C/c1cc(C[N+]2(CC(=O)C[C@@H](CCc3ccccc3)C(=O)N[C@@H](CC(C)C)C(=O)C[C@@H](Cc3ccccc3)C(=O)N[C@@H](CC(C)C)C(=O)[C@@]3(C)CO3)CCOCC2)ccc1OC(C)=O.CS(=O)(=O)[O-]. The molecule has 18 nitrogen and oxygen atoms in total. The quantitative estimate of drug-likeness (QED) is 0.0150. The number of rotatable bonds is 30. The number of Topliss-reactive ketones (excluding diaryl/α,β-unsaturated/α-hetero) is 4. The van der Waals surface area contributed by atoms with Gasteiger partial charge in [-0.25, -0.2) is 8.42 Å². The second kappa shape index (κ2) is 30.1. The van der Waals surface area contributed by atoms with Gasteiger partial charge in [-0.15, -0.1) is 0 Å². The van der Waals surface area contributed by atoms with Crippen LogP contribution in [-0.4, -0.2) is 135 Å². The van der Waals surface area contributed by atoms with Crippen LogP contribution in [0.2, 0.25) is 0 Å². The van der Waals surface area contributed by atoms with Crippen LogP contribution in [0.5, 0.6) is 5.75 Å². The molecule has 0 aromatic heterocycles. The third-order valence-electron chi connectivity index (χ3n) is 13.1. The van der Waals surface area contributed by atoms with Gasteiger partial charge in [-0.2, -0.15) is 0 Å². The lowest BCUT2D eigenvalue weighted by molar-refractivity contribution is -0.940. The summed E-state index contributed by atoms with van der Waals surface area (Å²) in [4.78, 5) is 100. The molecule has 2 amide bonds. The molecule has 2 heterocycles. The molecule has 0 unspecified atom stereocenters. The molecular weight excluding hydrogens is 997 g/mol. The van der Waals surface area contributed by atoms with Gasteiger partial charge in [0.2, 0.25) is 11.8 Å². The number of epoxide rings is 1. The Labute approximate surface area is 448 Å². The number of morpholine rings is 1. The van der Waals surface area contributed by atoms with Crippen molar-refractivity contribution < 1.29 is 70.1 Å². The predicted octanol–water partition coefficient (Wildman–Crippen LogP) is 5.90. The van der Waals surface area contributed by atoms with Gasteiger partial charge in [0.1, 0.15) is 37.5 Å². The first-order chi connectivity index (χ1) is 35.9. The normalized spacial score (nSPS) is 17.6. The summed E-state index contributed by atoms with van der Waals surface area (Å²) in [5.74, 6) is -3.29. The first-order valence-corrected chi connectivity index (χ1v) is 27.9. The van der Waals surface area contributed by atoms with Crippen molar-refractivity contribution in [2.75, 3.05) is 52.3 Å². The highest BCUT2D eigenvalue weighted by Crippen LogP contribution is 2.31. The molecule has 0 spiro atoms. The van der Waals surface area contributed by atoms with Crippen molar-refractivity contribution in [2.45, 2.75) is 124 Å². The summed E-state index contributed by atoms with van der Waals surface area (Å²) < 4.78 is 44.3. The fourth-order valence-electron chi connectivity index (χ4n) is 9.05. The van der Waals surface area contributed by atoms with Crippen LogP contribution in [0.4, 0.5) is 0 Å². The molecule has 2 N–H and O–H groups in total. The van der Waals surface area contributed by atoms with Crippen LogP contribution in [0.3, 0.4) is 0 Å². The van der Waals surface area contributed by atoms with E-state index in [0.29, 0.717) is 87.9 Å². The number of hydrogen-bond donors (Lipinski definition) is 2. The summed E-state index contributed by atoms with van der Waals surface area (Å²) in [6.07, 6.45) is 3.93. The number of esters is 1. The van der Waals surface area contributed by atoms with Crippen LogP contribution in [0.1, 0.15) is 109 Å². The zero-order chi connectivity index (χ0) is 56.1. The third-order valence-corrected chi connectivity index (χ3v) is 13.1. The van der Waals surface area contributed by atoms with E-state index in [2.05, 4.69) is 15.8 Å². The van der Waals surface area contributed by atoms with E-state index >= 15 is 0 Å². The monoisotopic (exact) mass is 1070 g/mol. The number of nitrogens with zero attached hydrogens (tertiary/aromatic N) is 2. The van der Waals surface area contributed by atoms with Crippen LogP contribution >= 0.6 is 0 Å². The standard InChI is InChI=1S/C56H74N4O11.CH4O3S/c1-8-47(62)36-70-57-33-46-30-43(20-22-52(46)71-40(6)61)34-60(23-25-68-26-24-60)35-48(63)31-44(21-19-41-15-11-9-12-16-41)54(66)58-49(27-38(2)3)51(64)32-45(29-42-17-13-10-14-18-42)55(67)59-50(28-39(4)5)53(65)56(7)37-69-56;1-5(2,3)4/h9-18,20,22,30,33,38-39,44-45,49-50H,8,19,21,23-29,31-32,34-37H2,1-7H3,(H-,58,59,66,67);1H3,(H,2,3,4)/b57-33+;/t44-,45-,49+,50+,56-;/m1./s1. The van der Waals surface area contributed by atoms with Gasteiger partial charge in [0, 0.05) is 55.4 Å². The number of ketones is 4. The Morgan fingerprint density at radius 1 is 0.803 bits per heavy atom. The zero-order valence-corrected chi connectivity index (χ0v) is 46.2. The number of nitrogens with one attached hydrogen (secondary N) is 2. The van der Waals surface area contributed by atoms with Crippen LogP contribution in [0.25, 0.3) is 0 Å². The van der Waals surface area contributed by atoms with Gasteiger partial charge < -0.3 is 38.7 Å². The maximum Gasteiger partial charge on any atom is 0.308 e. The van der Waals surface area contributed by atoms with Crippen molar-refractivity contribution in [1.82, 2.24) is 10.6 Å². The van der Waals surface area contributed by atoms with E-state index < -0.39 is 57.4 Å². The van der Waals surface area contributed by atoms with Crippen molar-refractivity contribution in [3.8, 4) is 5.75 Å². The molecule has 0 bridgehead atoms. The first-order valence-electron chi connectivity index (χ1n) is 26.1. The van der Waals surface area contributed by atoms with Crippen LogP contribution in [0, 0.1) is 23.7 Å². The Bertz CT molecular complexity index is 2550. The van der Waals surface area contributed by atoms with E-state index in [4.69, 9.17) is 32.0 Å². The fourth-order valence-corrected chi connectivity index (χ4v) is 9.05. The fraction of sp³-hybridized carbons (Fsp3) is 0.544. The second-order valence-electron chi connectivity index (χ2n) is 21.1. The van der Waals surface area contributed by atoms with E-state index in [1.807, 2.05) is 100 Å². The Balaban J connectivity index is 0.00000238. The largest absolute Gasteiger partial charge is 0.748 e. The van der Waals surface area contributed by atoms with E-state index in [1.165, 1.54) is 13.1 Å². The number of benzene rings is 3. The summed E-state index contributed by atoms with van der Waals surface area (Å²) in [5.41, 5.74) is 2.21. The highest BCUT2D eigenvalue weighted by Gasteiger charge is 2.50. The predicted molar refractivity (Wildman–Crippen MR) is 285 cm³/mol. The van der Waals surface area contributed by atoms with Crippen molar-refractivity contribution in [1.29, 1.82) is 0 Å². The first kappa shape index (κ1) is 62.5. The summed E-state index contributed by atoms with van der Waals surface area (Å²) in [5, 5.41) is 10.0. The Morgan fingerprint density at radius 3 is 1.93 bits per heavy atom. The van der Waals surface area contributed by atoms with Crippen molar-refractivity contribution >= 4 is 57.2 Å². The third kappa shape index (κ3) is 22.7. The number of hydrogen-bond acceptors (Lipinski definition) is 15. The number of ether oxygens (including phenoxy) is 3. The van der Waals surface area contributed by atoms with Crippen molar-refractivity contribution in [3.05, 3.63) is 101 Å². The Morgan fingerprint density at radius 2 is 1.37 bits per heavy atom. The van der Waals surface area contributed by atoms with Gasteiger partial charge in [-0.3, -0.25) is 33.6 Å². The molecule has 0 saturated carbocycles. The summed E-state index contributed by atoms with van der Waals surface area (Å²) >= 11 is 0. The molecule has 3 aromatic carbocycles. The molecule has 2 fully saturated rings. The smallest absolute Gasteiger partial charge is 0.308 e. The summed E-state index contributed by atoms with van der Waals surface area (Å²) in [7, 11) is -3.92. The molecule has 2 saturated heterocycles. The number of carbonyl (C=O) groups excluding carboxylic acids is 7. The molecule has 416 valence electrons.